The van der Waals surface area contributed by atoms with Crippen LogP contribution in [0, 0.1) is 0 Å². The Balaban J connectivity index is 3.05. The molecular formula is C15H23BrN2O2. The van der Waals surface area contributed by atoms with Gasteiger partial charge in [-0.15, -0.1) is 0 Å². The molecule has 1 aromatic rings. The van der Waals surface area contributed by atoms with Crippen LogP contribution in [0.5, 0.6) is 0 Å². The van der Waals surface area contributed by atoms with E-state index in [1.807, 2.05) is 4.90 Å². The number of nitrogens with two attached hydrogens (primary N) is 1. The molecule has 5 heteroatoms. The van der Waals surface area contributed by atoms with Gasteiger partial charge in [-0.25, -0.2) is 0 Å². The van der Waals surface area contributed by atoms with E-state index in [0.29, 0.717) is 28.9 Å². The lowest BCUT2D eigenvalue weighted by Crippen LogP contribution is -2.42. The number of benzene rings is 1. The van der Waals surface area contributed by atoms with Crippen LogP contribution in [0.3, 0.4) is 0 Å². The van der Waals surface area contributed by atoms with E-state index in [-0.39, 0.29) is 11.9 Å². The van der Waals surface area contributed by atoms with Crippen molar-refractivity contribution in [1.29, 1.82) is 0 Å². The van der Waals surface area contributed by atoms with Crippen LogP contribution in [-0.4, -0.2) is 37.1 Å². The lowest BCUT2D eigenvalue weighted by molar-refractivity contribution is 0.0588. The van der Waals surface area contributed by atoms with E-state index < -0.39 is 0 Å². The van der Waals surface area contributed by atoms with Crippen LogP contribution in [0.25, 0.3) is 0 Å². The molecule has 1 rings (SSSR count). The number of halogens is 1. The van der Waals surface area contributed by atoms with Crippen LogP contribution >= 0.6 is 15.9 Å². The Bertz CT molecular complexity index is 447. The van der Waals surface area contributed by atoms with Crippen molar-refractivity contribution in [3.05, 3.63) is 28.2 Å². The normalized spacial score (nSPS) is 10.8. The van der Waals surface area contributed by atoms with E-state index in [2.05, 4.69) is 29.8 Å². The van der Waals surface area contributed by atoms with E-state index in [9.17, 15) is 4.79 Å². The molecule has 0 radical (unpaired) electrons. The topological polar surface area (TPSA) is 55.6 Å². The number of carbonyl (C=O) groups excluding carboxylic acids is 1. The Morgan fingerprint density at radius 1 is 1.40 bits per heavy atom. The average molecular weight is 343 g/mol. The molecule has 112 valence electrons. The second-order valence-corrected chi connectivity index (χ2v) is 5.46. The van der Waals surface area contributed by atoms with Gasteiger partial charge in [0.05, 0.1) is 16.6 Å². The molecule has 1 aromatic carbocycles. The first-order valence-corrected chi connectivity index (χ1v) is 7.69. The van der Waals surface area contributed by atoms with E-state index in [1.54, 1.807) is 25.3 Å². The molecule has 4 nitrogen and oxygen atoms in total. The predicted octanol–water partition coefficient (Wildman–Crippen LogP) is 3.31. The van der Waals surface area contributed by atoms with Gasteiger partial charge in [-0.2, -0.15) is 0 Å². The Morgan fingerprint density at radius 2 is 2.05 bits per heavy atom. The van der Waals surface area contributed by atoms with E-state index in [4.69, 9.17) is 10.5 Å². The van der Waals surface area contributed by atoms with Gasteiger partial charge in [0, 0.05) is 25.4 Å². The summed E-state index contributed by atoms with van der Waals surface area (Å²) in [4.78, 5) is 14.6. The molecule has 0 aliphatic heterocycles. The van der Waals surface area contributed by atoms with Crippen molar-refractivity contribution in [2.75, 3.05) is 26.0 Å². The van der Waals surface area contributed by atoms with Crippen molar-refractivity contribution >= 4 is 27.5 Å². The van der Waals surface area contributed by atoms with Gasteiger partial charge in [0.2, 0.25) is 0 Å². The maximum Gasteiger partial charge on any atom is 0.255 e. The predicted molar refractivity (Wildman–Crippen MR) is 85.8 cm³/mol. The molecule has 0 atom stereocenters. The van der Waals surface area contributed by atoms with Crippen molar-refractivity contribution in [2.45, 2.75) is 32.7 Å². The van der Waals surface area contributed by atoms with Gasteiger partial charge < -0.3 is 15.4 Å². The van der Waals surface area contributed by atoms with E-state index in [0.717, 1.165) is 12.8 Å². The second-order valence-electron chi connectivity index (χ2n) is 4.67. The minimum atomic E-state index is -0.00470. The van der Waals surface area contributed by atoms with Crippen molar-refractivity contribution in [2.24, 2.45) is 0 Å². The minimum Gasteiger partial charge on any atom is -0.398 e. The Labute approximate surface area is 129 Å². The first-order chi connectivity index (χ1) is 9.56. The van der Waals surface area contributed by atoms with Crippen LogP contribution in [0.2, 0.25) is 0 Å². The summed E-state index contributed by atoms with van der Waals surface area (Å²) in [6, 6.07) is 5.59. The summed E-state index contributed by atoms with van der Waals surface area (Å²) in [5.74, 6) is -0.00470. The Kier molecular flexibility index (Phi) is 7.02. The molecular weight excluding hydrogens is 320 g/mol. The molecule has 0 aliphatic carbocycles. The fraction of sp³-hybridized carbons (Fsp3) is 0.533. The SMILES string of the molecule is CCC(CC)N(CCOC)C(=O)c1cccc(N)c1Br. The van der Waals surface area contributed by atoms with Crippen LogP contribution < -0.4 is 5.73 Å². The highest BCUT2D eigenvalue weighted by atomic mass is 79.9. The summed E-state index contributed by atoms with van der Waals surface area (Å²) in [7, 11) is 1.64. The number of rotatable bonds is 7. The number of hydrogen-bond acceptors (Lipinski definition) is 3. The van der Waals surface area contributed by atoms with Crippen LogP contribution in [0.4, 0.5) is 5.69 Å². The standard InChI is InChI=1S/C15H23BrN2O2/c1-4-11(5-2)18(9-10-20-3)15(19)12-7-6-8-13(17)14(12)16/h6-8,11H,4-5,9-10,17H2,1-3H3. The highest BCUT2D eigenvalue weighted by Gasteiger charge is 2.24. The molecule has 20 heavy (non-hydrogen) atoms. The quantitative estimate of drug-likeness (QED) is 0.773. The number of carbonyl (C=O) groups is 1. The highest BCUT2D eigenvalue weighted by Crippen LogP contribution is 2.26. The van der Waals surface area contributed by atoms with Gasteiger partial charge in [-0.1, -0.05) is 19.9 Å². The minimum absolute atomic E-state index is 0.00470. The lowest BCUT2D eigenvalue weighted by atomic mass is 10.1. The third-order valence-corrected chi connectivity index (χ3v) is 4.32. The molecule has 0 saturated carbocycles. The van der Waals surface area contributed by atoms with Gasteiger partial charge in [0.25, 0.3) is 5.91 Å². The lowest BCUT2D eigenvalue weighted by Gasteiger charge is -2.31. The maximum absolute atomic E-state index is 12.8. The van der Waals surface area contributed by atoms with Crippen LogP contribution in [0.15, 0.2) is 22.7 Å². The first-order valence-electron chi connectivity index (χ1n) is 6.90. The first kappa shape index (κ1) is 17.0. The van der Waals surface area contributed by atoms with Crippen molar-refractivity contribution in [3.63, 3.8) is 0 Å². The van der Waals surface area contributed by atoms with Gasteiger partial charge in [-0.3, -0.25) is 4.79 Å². The third kappa shape index (κ3) is 3.96. The molecule has 0 aliphatic rings. The molecule has 0 fully saturated rings. The van der Waals surface area contributed by atoms with Crippen molar-refractivity contribution in [1.82, 2.24) is 4.90 Å². The number of nitrogen functional groups attached to an aromatic ring is 1. The zero-order valence-corrected chi connectivity index (χ0v) is 13.9. The Hall–Kier alpha value is -1.07. The molecule has 0 saturated heterocycles. The smallest absolute Gasteiger partial charge is 0.255 e. The summed E-state index contributed by atoms with van der Waals surface area (Å²) in [6.07, 6.45) is 1.85. The third-order valence-electron chi connectivity index (χ3n) is 3.44. The van der Waals surface area contributed by atoms with Crippen molar-refractivity contribution < 1.29 is 9.53 Å². The van der Waals surface area contributed by atoms with Gasteiger partial charge in [0.15, 0.2) is 0 Å². The summed E-state index contributed by atoms with van der Waals surface area (Å²) < 4.78 is 5.79. The molecule has 1 amide bonds. The number of nitrogens with zero attached hydrogens (tertiary/aromatic N) is 1. The fourth-order valence-corrected chi connectivity index (χ4v) is 2.67. The van der Waals surface area contributed by atoms with Crippen LogP contribution in [0.1, 0.15) is 37.0 Å². The number of hydrogen-bond donors (Lipinski definition) is 1. The van der Waals surface area contributed by atoms with Gasteiger partial charge in [-0.05, 0) is 40.9 Å². The molecule has 0 aromatic heterocycles. The van der Waals surface area contributed by atoms with E-state index in [1.165, 1.54) is 0 Å². The largest absolute Gasteiger partial charge is 0.398 e. The molecule has 0 spiro atoms. The van der Waals surface area contributed by atoms with Crippen LogP contribution in [-0.2, 0) is 4.74 Å². The summed E-state index contributed by atoms with van der Waals surface area (Å²) >= 11 is 3.41. The second kappa shape index (κ2) is 8.27. The zero-order chi connectivity index (χ0) is 15.1. The number of anilines is 1. The summed E-state index contributed by atoms with van der Waals surface area (Å²) in [6.45, 7) is 5.30. The van der Waals surface area contributed by atoms with Crippen molar-refractivity contribution in [3.8, 4) is 0 Å². The molecule has 0 heterocycles. The monoisotopic (exact) mass is 342 g/mol. The Morgan fingerprint density at radius 3 is 2.60 bits per heavy atom. The zero-order valence-electron chi connectivity index (χ0n) is 12.4. The molecule has 0 bridgehead atoms. The van der Waals surface area contributed by atoms with E-state index >= 15 is 0 Å². The van der Waals surface area contributed by atoms with Gasteiger partial charge >= 0.3 is 0 Å². The fourth-order valence-electron chi connectivity index (χ4n) is 2.24. The molecule has 2 N–H and O–H groups in total. The highest BCUT2D eigenvalue weighted by molar-refractivity contribution is 9.10. The van der Waals surface area contributed by atoms with Gasteiger partial charge in [0.1, 0.15) is 0 Å². The number of amides is 1. The number of methoxy groups -OCH3 is 1. The maximum atomic E-state index is 12.8. The summed E-state index contributed by atoms with van der Waals surface area (Å²) in [5.41, 5.74) is 7.04. The summed E-state index contributed by atoms with van der Waals surface area (Å²) in [5, 5.41) is 0. The number of ether oxygens (including phenoxy) is 1. The average Bonchev–Trinajstić information content (AvgIpc) is 2.45. The molecule has 0 unspecified atom stereocenters.